The SMILES string of the molecule is NC(=O)c1ncc(O)c(N)c1C(F)F. The number of aromatic nitrogens is 1. The molecule has 0 radical (unpaired) electrons. The lowest BCUT2D eigenvalue weighted by Gasteiger charge is -2.08. The summed E-state index contributed by atoms with van der Waals surface area (Å²) >= 11 is 0. The normalized spacial score (nSPS) is 10.5. The predicted octanol–water partition coefficient (Wildman–Crippen LogP) is 0.406. The van der Waals surface area contributed by atoms with Crippen LogP contribution in [0.2, 0.25) is 0 Å². The van der Waals surface area contributed by atoms with Crippen molar-refractivity contribution < 1.29 is 18.7 Å². The standard InChI is InChI=1S/C7H7F2N3O2/c8-6(9)3-4(10)2(13)1-12-5(3)7(11)14/h1,6,13H,(H2,10,12)(H2,11,14). The number of nitrogens with two attached hydrogens (primary N) is 2. The number of hydrogen-bond donors (Lipinski definition) is 3. The molecule has 76 valence electrons. The predicted molar refractivity (Wildman–Crippen MR) is 43.8 cm³/mol. The summed E-state index contributed by atoms with van der Waals surface area (Å²) in [5.41, 5.74) is 7.90. The number of amides is 1. The number of primary amides is 1. The van der Waals surface area contributed by atoms with E-state index in [1.165, 1.54) is 0 Å². The van der Waals surface area contributed by atoms with Gasteiger partial charge in [-0.25, -0.2) is 13.8 Å². The quantitative estimate of drug-likeness (QED) is 0.647. The molecule has 0 spiro atoms. The second-order valence-corrected chi connectivity index (χ2v) is 2.48. The minimum Gasteiger partial charge on any atom is -0.504 e. The molecule has 5 N–H and O–H groups in total. The van der Waals surface area contributed by atoms with Crippen molar-refractivity contribution in [3.8, 4) is 5.75 Å². The Morgan fingerprint density at radius 2 is 2.14 bits per heavy atom. The highest BCUT2D eigenvalue weighted by Crippen LogP contribution is 2.32. The van der Waals surface area contributed by atoms with Gasteiger partial charge in [-0.1, -0.05) is 0 Å². The van der Waals surface area contributed by atoms with Crippen LogP contribution in [0.4, 0.5) is 14.5 Å². The first-order valence-corrected chi connectivity index (χ1v) is 3.50. The Morgan fingerprint density at radius 1 is 1.57 bits per heavy atom. The number of aromatic hydroxyl groups is 1. The molecule has 1 aromatic rings. The summed E-state index contributed by atoms with van der Waals surface area (Å²) in [6.07, 6.45) is -2.22. The molecule has 0 unspecified atom stereocenters. The van der Waals surface area contributed by atoms with Crippen molar-refractivity contribution in [2.75, 3.05) is 5.73 Å². The third kappa shape index (κ3) is 1.56. The molecule has 1 heterocycles. The Balaban J connectivity index is 3.45. The van der Waals surface area contributed by atoms with Gasteiger partial charge in [0.15, 0.2) is 5.75 Å². The zero-order valence-corrected chi connectivity index (χ0v) is 6.87. The van der Waals surface area contributed by atoms with E-state index in [1.807, 2.05) is 0 Å². The van der Waals surface area contributed by atoms with Crippen LogP contribution >= 0.6 is 0 Å². The fourth-order valence-corrected chi connectivity index (χ4v) is 0.948. The third-order valence-corrected chi connectivity index (χ3v) is 1.59. The molecule has 1 rings (SSSR count). The van der Waals surface area contributed by atoms with E-state index >= 15 is 0 Å². The molecule has 0 aromatic carbocycles. The Hall–Kier alpha value is -1.92. The van der Waals surface area contributed by atoms with Gasteiger partial charge in [0.25, 0.3) is 12.3 Å². The van der Waals surface area contributed by atoms with Gasteiger partial charge >= 0.3 is 0 Å². The van der Waals surface area contributed by atoms with Crippen LogP contribution in [0.15, 0.2) is 6.20 Å². The highest BCUT2D eigenvalue weighted by Gasteiger charge is 2.23. The minimum absolute atomic E-state index is 0.580. The van der Waals surface area contributed by atoms with E-state index in [0.29, 0.717) is 0 Å². The number of alkyl halides is 2. The van der Waals surface area contributed by atoms with Crippen molar-refractivity contribution in [2.24, 2.45) is 5.73 Å². The molecule has 1 amide bonds. The molecule has 14 heavy (non-hydrogen) atoms. The average molecular weight is 203 g/mol. The van der Waals surface area contributed by atoms with Crippen molar-refractivity contribution in [2.45, 2.75) is 6.43 Å². The smallest absolute Gasteiger partial charge is 0.268 e. The van der Waals surface area contributed by atoms with Crippen LogP contribution < -0.4 is 11.5 Å². The van der Waals surface area contributed by atoms with Crippen LogP contribution in [0.3, 0.4) is 0 Å². The van der Waals surface area contributed by atoms with Crippen LogP contribution in [0.1, 0.15) is 22.5 Å². The van der Waals surface area contributed by atoms with E-state index in [2.05, 4.69) is 4.98 Å². The third-order valence-electron chi connectivity index (χ3n) is 1.59. The molecule has 0 saturated carbocycles. The van der Waals surface area contributed by atoms with E-state index in [-0.39, 0.29) is 0 Å². The van der Waals surface area contributed by atoms with Crippen molar-refractivity contribution in [1.29, 1.82) is 0 Å². The molecule has 0 bridgehead atoms. The van der Waals surface area contributed by atoms with Crippen LogP contribution in [0.5, 0.6) is 5.75 Å². The van der Waals surface area contributed by atoms with Crippen LogP contribution in [-0.4, -0.2) is 16.0 Å². The average Bonchev–Trinajstić information content (AvgIpc) is 2.08. The molecular formula is C7H7F2N3O2. The lowest BCUT2D eigenvalue weighted by molar-refractivity contribution is 0.0980. The molecule has 0 aliphatic heterocycles. The number of pyridine rings is 1. The maximum atomic E-state index is 12.4. The molecule has 0 saturated heterocycles. The lowest BCUT2D eigenvalue weighted by Crippen LogP contribution is -2.17. The molecule has 0 aliphatic carbocycles. The van der Waals surface area contributed by atoms with Gasteiger partial charge < -0.3 is 16.6 Å². The molecule has 0 atom stereocenters. The number of nitrogens with zero attached hydrogens (tertiary/aromatic N) is 1. The van der Waals surface area contributed by atoms with Crippen LogP contribution in [-0.2, 0) is 0 Å². The highest BCUT2D eigenvalue weighted by molar-refractivity contribution is 5.94. The highest BCUT2D eigenvalue weighted by atomic mass is 19.3. The van der Waals surface area contributed by atoms with Crippen molar-refractivity contribution >= 4 is 11.6 Å². The maximum Gasteiger partial charge on any atom is 0.268 e. The van der Waals surface area contributed by atoms with Crippen LogP contribution in [0, 0.1) is 0 Å². The van der Waals surface area contributed by atoms with Crippen molar-refractivity contribution in [1.82, 2.24) is 4.98 Å². The van der Waals surface area contributed by atoms with Gasteiger partial charge in [0.05, 0.1) is 17.4 Å². The molecular weight excluding hydrogens is 196 g/mol. The Morgan fingerprint density at radius 3 is 2.57 bits per heavy atom. The summed E-state index contributed by atoms with van der Waals surface area (Å²) in [4.78, 5) is 14.0. The zero-order chi connectivity index (χ0) is 10.9. The van der Waals surface area contributed by atoms with Gasteiger partial charge in [0, 0.05) is 0 Å². The van der Waals surface area contributed by atoms with Gasteiger partial charge in [0.2, 0.25) is 0 Å². The zero-order valence-electron chi connectivity index (χ0n) is 6.87. The number of halogens is 2. The summed E-state index contributed by atoms with van der Waals surface area (Å²) < 4.78 is 24.8. The first-order chi connectivity index (χ1) is 6.45. The second-order valence-electron chi connectivity index (χ2n) is 2.48. The summed E-state index contributed by atoms with van der Waals surface area (Å²) in [6.45, 7) is 0. The first kappa shape index (κ1) is 10.2. The summed E-state index contributed by atoms with van der Waals surface area (Å²) in [5, 5.41) is 8.98. The number of carbonyl (C=O) groups is 1. The van der Waals surface area contributed by atoms with Gasteiger partial charge in [-0.2, -0.15) is 0 Å². The number of hydrogen-bond acceptors (Lipinski definition) is 4. The van der Waals surface area contributed by atoms with E-state index in [9.17, 15) is 13.6 Å². The van der Waals surface area contributed by atoms with Crippen molar-refractivity contribution in [3.05, 3.63) is 17.5 Å². The second kappa shape index (κ2) is 3.44. The first-order valence-electron chi connectivity index (χ1n) is 3.50. The lowest BCUT2D eigenvalue weighted by atomic mass is 10.1. The fraction of sp³-hybridized carbons (Fsp3) is 0.143. The minimum atomic E-state index is -3.02. The molecule has 1 aromatic heterocycles. The largest absolute Gasteiger partial charge is 0.504 e. The van der Waals surface area contributed by atoms with Crippen LogP contribution in [0.25, 0.3) is 0 Å². The van der Waals surface area contributed by atoms with Gasteiger partial charge in [-0.15, -0.1) is 0 Å². The van der Waals surface area contributed by atoms with Crippen molar-refractivity contribution in [3.63, 3.8) is 0 Å². The number of rotatable bonds is 2. The topological polar surface area (TPSA) is 102 Å². The molecule has 7 heteroatoms. The van der Waals surface area contributed by atoms with Gasteiger partial charge in [-0.05, 0) is 0 Å². The Kier molecular flexibility index (Phi) is 2.50. The summed E-state index contributed by atoms with van der Waals surface area (Å²) in [5.74, 6) is -1.72. The van der Waals surface area contributed by atoms with E-state index < -0.39 is 35.0 Å². The fourth-order valence-electron chi connectivity index (χ4n) is 0.948. The van der Waals surface area contributed by atoms with E-state index in [0.717, 1.165) is 6.20 Å². The van der Waals surface area contributed by atoms with E-state index in [4.69, 9.17) is 16.6 Å². The van der Waals surface area contributed by atoms with Gasteiger partial charge in [-0.3, -0.25) is 4.79 Å². The summed E-state index contributed by atoms with van der Waals surface area (Å²) in [7, 11) is 0. The molecule has 0 fully saturated rings. The maximum absolute atomic E-state index is 12.4. The Labute approximate surface area is 77.3 Å². The number of nitrogen functional groups attached to an aromatic ring is 1. The molecule has 5 nitrogen and oxygen atoms in total. The monoisotopic (exact) mass is 203 g/mol. The number of anilines is 1. The number of carbonyl (C=O) groups excluding carboxylic acids is 1. The van der Waals surface area contributed by atoms with Gasteiger partial charge in [0.1, 0.15) is 5.69 Å². The summed E-state index contributed by atoms with van der Waals surface area (Å²) in [6, 6.07) is 0. The molecule has 0 aliphatic rings. The Bertz CT molecular complexity index is 381. The van der Waals surface area contributed by atoms with E-state index in [1.54, 1.807) is 0 Å².